The number of thioether (sulfide) groups is 1. The molecule has 0 aromatic carbocycles. The SMILES string of the molecule is CC(C)c1nc(Br)cc(SCc2ccco2)n1. The Hall–Kier alpha value is -0.810. The first-order valence-electron chi connectivity index (χ1n) is 5.35. The van der Waals surface area contributed by atoms with Gasteiger partial charge in [-0.1, -0.05) is 25.6 Å². The van der Waals surface area contributed by atoms with E-state index in [9.17, 15) is 0 Å². The molecule has 0 spiro atoms. The van der Waals surface area contributed by atoms with Gasteiger partial charge in [-0.05, 0) is 28.1 Å². The minimum absolute atomic E-state index is 0.329. The maximum atomic E-state index is 5.29. The van der Waals surface area contributed by atoms with Gasteiger partial charge in [-0.15, -0.1) is 0 Å². The van der Waals surface area contributed by atoms with Crippen molar-refractivity contribution in [2.45, 2.75) is 30.5 Å². The van der Waals surface area contributed by atoms with E-state index < -0.39 is 0 Å². The van der Waals surface area contributed by atoms with E-state index in [1.54, 1.807) is 18.0 Å². The Labute approximate surface area is 113 Å². The number of aromatic nitrogens is 2. The maximum Gasteiger partial charge on any atom is 0.133 e. The van der Waals surface area contributed by atoms with Crippen molar-refractivity contribution < 1.29 is 4.42 Å². The third-order valence-corrected chi connectivity index (χ3v) is 3.49. The average molecular weight is 313 g/mol. The fourth-order valence-corrected chi connectivity index (χ4v) is 2.64. The van der Waals surface area contributed by atoms with Crippen LogP contribution in [0.4, 0.5) is 0 Å². The molecule has 0 atom stereocenters. The Bertz CT molecular complexity index is 485. The standard InChI is InChI=1S/C12H13BrN2OS/c1-8(2)12-14-10(13)6-11(15-12)17-7-9-4-3-5-16-9/h3-6,8H,7H2,1-2H3. The number of nitrogens with zero attached hydrogens (tertiary/aromatic N) is 2. The second kappa shape index (κ2) is 5.69. The van der Waals surface area contributed by atoms with Gasteiger partial charge >= 0.3 is 0 Å². The Morgan fingerprint density at radius 3 is 2.88 bits per heavy atom. The molecule has 0 amide bonds. The summed E-state index contributed by atoms with van der Waals surface area (Å²) in [7, 11) is 0. The number of rotatable bonds is 4. The molecule has 2 rings (SSSR count). The number of hydrogen-bond donors (Lipinski definition) is 0. The molecule has 90 valence electrons. The van der Waals surface area contributed by atoms with Crippen molar-refractivity contribution in [2.75, 3.05) is 0 Å². The van der Waals surface area contributed by atoms with E-state index in [0.29, 0.717) is 5.92 Å². The summed E-state index contributed by atoms with van der Waals surface area (Å²) in [5.41, 5.74) is 0. The molecule has 0 radical (unpaired) electrons. The second-order valence-electron chi connectivity index (χ2n) is 3.91. The van der Waals surface area contributed by atoms with Crippen LogP contribution in [0.25, 0.3) is 0 Å². The lowest BCUT2D eigenvalue weighted by atomic mass is 10.2. The molecule has 0 aliphatic rings. The Balaban J connectivity index is 2.10. The molecule has 0 fully saturated rings. The minimum Gasteiger partial charge on any atom is -0.468 e. The van der Waals surface area contributed by atoms with Crippen molar-refractivity contribution in [1.82, 2.24) is 9.97 Å². The van der Waals surface area contributed by atoms with Crippen LogP contribution >= 0.6 is 27.7 Å². The van der Waals surface area contributed by atoms with Crippen LogP contribution in [0.2, 0.25) is 0 Å². The van der Waals surface area contributed by atoms with Gasteiger partial charge in [-0.25, -0.2) is 9.97 Å². The average Bonchev–Trinajstić information content (AvgIpc) is 2.78. The zero-order valence-electron chi connectivity index (χ0n) is 9.68. The molecular weight excluding hydrogens is 300 g/mol. The van der Waals surface area contributed by atoms with Crippen LogP contribution in [0.3, 0.4) is 0 Å². The van der Waals surface area contributed by atoms with Crippen molar-refractivity contribution >= 4 is 27.7 Å². The second-order valence-corrected chi connectivity index (χ2v) is 5.72. The van der Waals surface area contributed by atoms with Crippen LogP contribution < -0.4 is 0 Å². The molecule has 0 aliphatic heterocycles. The van der Waals surface area contributed by atoms with E-state index in [0.717, 1.165) is 27.0 Å². The summed E-state index contributed by atoms with van der Waals surface area (Å²) in [5.74, 6) is 2.93. The first-order chi connectivity index (χ1) is 8.15. The van der Waals surface area contributed by atoms with Gasteiger partial charge in [-0.3, -0.25) is 0 Å². The molecule has 17 heavy (non-hydrogen) atoms. The highest BCUT2D eigenvalue weighted by Crippen LogP contribution is 2.25. The van der Waals surface area contributed by atoms with Crippen LogP contribution in [0.5, 0.6) is 0 Å². The number of hydrogen-bond acceptors (Lipinski definition) is 4. The van der Waals surface area contributed by atoms with E-state index in [1.165, 1.54) is 0 Å². The Kier molecular flexibility index (Phi) is 4.23. The predicted octanol–water partition coefficient (Wildman–Crippen LogP) is 4.25. The van der Waals surface area contributed by atoms with Gasteiger partial charge in [0.15, 0.2) is 0 Å². The lowest BCUT2D eigenvalue weighted by Gasteiger charge is -2.06. The summed E-state index contributed by atoms with van der Waals surface area (Å²) < 4.78 is 6.12. The van der Waals surface area contributed by atoms with Crippen LogP contribution in [0.1, 0.15) is 31.4 Å². The first kappa shape index (κ1) is 12.6. The van der Waals surface area contributed by atoms with Crippen LogP contribution in [0, 0.1) is 0 Å². The topological polar surface area (TPSA) is 38.9 Å². The van der Waals surface area contributed by atoms with Gasteiger partial charge in [0, 0.05) is 12.0 Å². The molecule has 0 bridgehead atoms. The summed E-state index contributed by atoms with van der Waals surface area (Å²) in [5, 5.41) is 0.965. The van der Waals surface area contributed by atoms with E-state index in [-0.39, 0.29) is 0 Å². The monoisotopic (exact) mass is 312 g/mol. The van der Waals surface area contributed by atoms with E-state index in [1.807, 2.05) is 18.2 Å². The molecule has 2 aromatic heterocycles. The highest BCUT2D eigenvalue weighted by Gasteiger charge is 2.08. The van der Waals surface area contributed by atoms with Crippen LogP contribution in [0.15, 0.2) is 38.5 Å². The quantitative estimate of drug-likeness (QED) is 0.625. The molecule has 0 saturated heterocycles. The van der Waals surface area contributed by atoms with Gasteiger partial charge in [-0.2, -0.15) is 0 Å². The maximum absolute atomic E-state index is 5.29. The van der Waals surface area contributed by atoms with E-state index >= 15 is 0 Å². The van der Waals surface area contributed by atoms with Crippen molar-refractivity contribution in [1.29, 1.82) is 0 Å². The van der Waals surface area contributed by atoms with Gasteiger partial charge in [0.05, 0.1) is 12.0 Å². The third-order valence-electron chi connectivity index (χ3n) is 2.15. The van der Waals surface area contributed by atoms with E-state index in [4.69, 9.17) is 4.42 Å². The molecule has 0 saturated carbocycles. The summed E-state index contributed by atoms with van der Waals surface area (Å²) >= 11 is 5.06. The lowest BCUT2D eigenvalue weighted by Crippen LogP contribution is -1.98. The molecule has 5 heteroatoms. The highest BCUT2D eigenvalue weighted by atomic mass is 79.9. The summed E-state index contributed by atoms with van der Waals surface area (Å²) in [4.78, 5) is 8.86. The Morgan fingerprint density at radius 1 is 1.41 bits per heavy atom. The summed E-state index contributed by atoms with van der Waals surface area (Å²) in [6.45, 7) is 4.17. The summed E-state index contributed by atoms with van der Waals surface area (Å²) in [6.07, 6.45) is 1.69. The molecular formula is C12H13BrN2OS. The van der Waals surface area contributed by atoms with Gasteiger partial charge in [0.25, 0.3) is 0 Å². The Morgan fingerprint density at radius 2 is 2.24 bits per heavy atom. The van der Waals surface area contributed by atoms with Gasteiger partial charge < -0.3 is 4.42 Å². The fourth-order valence-electron chi connectivity index (χ4n) is 1.29. The predicted molar refractivity (Wildman–Crippen MR) is 72.1 cm³/mol. The van der Waals surface area contributed by atoms with Crippen LogP contribution in [-0.2, 0) is 5.75 Å². The molecule has 0 unspecified atom stereocenters. The normalized spacial score (nSPS) is 11.1. The van der Waals surface area contributed by atoms with Gasteiger partial charge in [0.2, 0.25) is 0 Å². The lowest BCUT2D eigenvalue weighted by molar-refractivity contribution is 0.530. The van der Waals surface area contributed by atoms with Crippen molar-refractivity contribution in [2.24, 2.45) is 0 Å². The molecule has 2 aromatic rings. The first-order valence-corrected chi connectivity index (χ1v) is 7.12. The zero-order chi connectivity index (χ0) is 12.3. The smallest absolute Gasteiger partial charge is 0.133 e. The summed E-state index contributed by atoms with van der Waals surface area (Å²) in [6, 6.07) is 5.79. The molecule has 0 aliphatic carbocycles. The number of furan rings is 1. The number of halogens is 1. The van der Waals surface area contributed by atoms with Crippen molar-refractivity contribution in [3.8, 4) is 0 Å². The van der Waals surface area contributed by atoms with Gasteiger partial charge in [0.1, 0.15) is 21.2 Å². The molecule has 0 N–H and O–H groups in total. The van der Waals surface area contributed by atoms with Crippen LogP contribution in [-0.4, -0.2) is 9.97 Å². The molecule has 3 nitrogen and oxygen atoms in total. The fraction of sp³-hybridized carbons (Fsp3) is 0.333. The minimum atomic E-state index is 0.329. The van der Waals surface area contributed by atoms with E-state index in [2.05, 4.69) is 39.7 Å². The zero-order valence-corrected chi connectivity index (χ0v) is 12.1. The highest BCUT2D eigenvalue weighted by molar-refractivity contribution is 9.10. The van der Waals surface area contributed by atoms with Crippen molar-refractivity contribution in [3.05, 3.63) is 40.7 Å². The molecule has 2 heterocycles. The largest absolute Gasteiger partial charge is 0.468 e. The van der Waals surface area contributed by atoms with Crippen molar-refractivity contribution in [3.63, 3.8) is 0 Å². The third kappa shape index (κ3) is 3.57.